The predicted octanol–water partition coefficient (Wildman–Crippen LogP) is 20.5. The first-order valence-electron chi connectivity index (χ1n) is 31.7. The standard InChI is InChI=1S/C69H116NO8P/c1-3-5-7-9-11-13-15-17-19-21-23-25-27-29-30-31-32-33-34-35-36-38-40-42-44-46-48-50-52-54-56-58-60-62-69(72)78-67(66-77-79(73,74)76-64-63-70)65-75-68(71)61-59-57-55-53-51-49-47-45-43-41-39-37-28-26-24-22-20-18-16-14-12-10-8-6-4-2/h5,7,11,13,16-19,22-25,29-30,32-33,35-36,40,42,46,48,67H,3-4,6,8-10,12,14-15,20-21,26-28,31,34,37-39,41,43-45,47,49-66,70H2,1-2H3,(H,73,74)/b7-5-,13-11-,18-16-,19-17-,24-22-,25-23-,30-29-,33-32-,36-35-,42-40-,48-46-. The van der Waals surface area contributed by atoms with Crippen molar-refractivity contribution >= 4 is 19.8 Å². The van der Waals surface area contributed by atoms with E-state index in [1.165, 1.54) is 109 Å². The third-order valence-electron chi connectivity index (χ3n) is 13.0. The topological polar surface area (TPSA) is 134 Å². The summed E-state index contributed by atoms with van der Waals surface area (Å²) in [5, 5.41) is 0. The SMILES string of the molecule is CC/C=C\C/C=C\C/C=C\C/C=C\C/C=C\C/C=C\C/C=C\C/C=C\C/C=C\CCCCCCCC(=O)OC(COC(=O)CCCCCCCCCCCCCCC/C=C\C/C=C\CCCCCCC)COP(=O)(O)OCCN. The molecule has 79 heavy (non-hydrogen) atoms. The highest BCUT2D eigenvalue weighted by Gasteiger charge is 2.26. The number of carbonyl (C=O) groups excluding carboxylic acids is 2. The number of esters is 2. The largest absolute Gasteiger partial charge is 0.472 e. The van der Waals surface area contributed by atoms with E-state index in [1.54, 1.807) is 0 Å². The lowest BCUT2D eigenvalue weighted by Gasteiger charge is -2.19. The Labute approximate surface area is 484 Å². The summed E-state index contributed by atoms with van der Waals surface area (Å²) in [7, 11) is -4.41. The normalized spacial score (nSPS) is 13.9. The molecule has 0 amide bonds. The number of hydrogen-bond donors (Lipinski definition) is 2. The van der Waals surface area contributed by atoms with Crippen LogP contribution in [0.15, 0.2) is 134 Å². The second kappa shape index (κ2) is 63.3. The van der Waals surface area contributed by atoms with Crippen LogP contribution in [0.25, 0.3) is 0 Å². The number of phosphoric ester groups is 1. The van der Waals surface area contributed by atoms with Crippen LogP contribution < -0.4 is 5.73 Å². The maximum absolute atomic E-state index is 12.7. The first-order chi connectivity index (χ1) is 38.8. The Morgan fingerprint density at radius 2 is 0.696 bits per heavy atom. The van der Waals surface area contributed by atoms with Crippen LogP contribution in [-0.4, -0.2) is 49.3 Å². The summed E-state index contributed by atoms with van der Waals surface area (Å²) in [5.41, 5.74) is 5.39. The van der Waals surface area contributed by atoms with Crippen molar-refractivity contribution in [3.63, 3.8) is 0 Å². The van der Waals surface area contributed by atoms with E-state index in [0.29, 0.717) is 6.42 Å². The lowest BCUT2D eigenvalue weighted by atomic mass is 10.0. The molecule has 0 aliphatic rings. The summed E-state index contributed by atoms with van der Waals surface area (Å²) in [5.74, 6) is -0.855. The van der Waals surface area contributed by atoms with Gasteiger partial charge in [0.1, 0.15) is 6.61 Å². The first kappa shape index (κ1) is 75.2. The first-order valence-corrected chi connectivity index (χ1v) is 33.2. The Hall–Kier alpha value is -3.85. The van der Waals surface area contributed by atoms with Gasteiger partial charge in [-0.1, -0.05) is 263 Å². The molecule has 0 rings (SSSR count). The molecule has 0 aromatic heterocycles. The summed E-state index contributed by atoms with van der Waals surface area (Å²) in [6.07, 6.45) is 89.4. The van der Waals surface area contributed by atoms with Crippen LogP contribution in [0.4, 0.5) is 0 Å². The highest BCUT2D eigenvalue weighted by Crippen LogP contribution is 2.43. The van der Waals surface area contributed by atoms with Gasteiger partial charge >= 0.3 is 19.8 Å². The number of phosphoric acid groups is 1. The van der Waals surface area contributed by atoms with Crippen LogP contribution in [0.1, 0.15) is 258 Å². The number of allylic oxidation sites excluding steroid dienone is 22. The third-order valence-corrected chi connectivity index (χ3v) is 14.0. The third kappa shape index (κ3) is 63.2. The Bertz CT molecular complexity index is 1750. The molecule has 0 aromatic rings. The van der Waals surface area contributed by atoms with Crippen LogP contribution in [0.5, 0.6) is 0 Å². The van der Waals surface area contributed by atoms with Crippen molar-refractivity contribution in [1.82, 2.24) is 0 Å². The second-order valence-electron chi connectivity index (χ2n) is 20.5. The van der Waals surface area contributed by atoms with Gasteiger partial charge in [0.2, 0.25) is 0 Å². The molecule has 0 fully saturated rings. The molecule has 0 heterocycles. The van der Waals surface area contributed by atoms with Crippen molar-refractivity contribution in [3.8, 4) is 0 Å². The van der Waals surface area contributed by atoms with Gasteiger partial charge < -0.3 is 20.1 Å². The van der Waals surface area contributed by atoms with Gasteiger partial charge in [-0.05, 0) is 116 Å². The number of carbonyl (C=O) groups is 2. The second-order valence-corrected chi connectivity index (χ2v) is 22.0. The van der Waals surface area contributed by atoms with E-state index in [4.69, 9.17) is 24.3 Å². The van der Waals surface area contributed by atoms with E-state index in [2.05, 4.69) is 148 Å². The molecule has 0 aromatic carbocycles. The van der Waals surface area contributed by atoms with E-state index in [-0.39, 0.29) is 32.6 Å². The zero-order valence-electron chi connectivity index (χ0n) is 50.3. The zero-order valence-corrected chi connectivity index (χ0v) is 51.2. The van der Waals surface area contributed by atoms with Crippen LogP contribution in [0, 0.1) is 0 Å². The molecular formula is C69H116NO8P. The molecule has 10 heteroatoms. The van der Waals surface area contributed by atoms with Crippen molar-refractivity contribution in [2.45, 2.75) is 264 Å². The van der Waals surface area contributed by atoms with Gasteiger partial charge in [-0.25, -0.2) is 4.57 Å². The van der Waals surface area contributed by atoms with E-state index in [1.807, 2.05) is 0 Å². The molecule has 450 valence electrons. The van der Waals surface area contributed by atoms with E-state index in [0.717, 1.165) is 116 Å². The van der Waals surface area contributed by atoms with Crippen molar-refractivity contribution in [1.29, 1.82) is 0 Å². The fourth-order valence-corrected chi connectivity index (χ4v) is 9.13. The molecule has 0 bridgehead atoms. The number of unbranched alkanes of at least 4 members (excludes halogenated alkanes) is 23. The minimum atomic E-state index is -4.41. The molecular weight excluding hydrogens is 1000 g/mol. The predicted molar refractivity (Wildman–Crippen MR) is 339 cm³/mol. The monoisotopic (exact) mass is 1120 g/mol. The van der Waals surface area contributed by atoms with Crippen LogP contribution in [0.3, 0.4) is 0 Å². The molecule has 0 aliphatic carbocycles. The van der Waals surface area contributed by atoms with Gasteiger partial charge in [0.15, 0.2) is 6.10 Å². The van der Waals surface area contributed by atoms with Gasteiger partial charge in [-0.3, -0.25) is 18.6 Å². The van der Waals surface area contributed by atoms with Gasteiger partial charge in [0, 0.05) is 19.4 Å². The number of rotatable bonds is 58. The zero-order chi connectivity index (χ0) is 57.3. The molecule has 0 aliphatic heterocycles. The highest BCUT2D eigenvalue weighted by molar-refractivity contribution is 7.47. The molecule has 0 radical (unpaired) electrons. The smallest absolute Gasteiger partial charge is 0.462 e. The van der Waals surface area contributed by atoms with E-state index in [9.17, 15) is 19.0 Å². The molecule has 3 N–H and O–H groups in total. The Kier molecular flexibility index (Phi) is 60.2. The van der Waals surface area contributed by atoms with Gasteiger partial charge in [-0.15, -0.1) is 0 Å². The average molecular weight is 1120 g/mol. The Balaban J connectivity index is 4.04. The number of nitrogens with two attached hydrogens (primary N) is 1. The quantitative estimate of drug-likeness (QED) is 0.0264. The maximum atomic E-state index is 12.7. The lowest BCUT2D eigenvalue weighted by Crippen LogP contribution is -2.29. The van der Waals surface area contributed by atoms with Crippen molar-refractivity contribution in [3.05, 3.63) is 134 Å². The van der Waals surface area contributed by atoms with E-state index >= 15 is 0 Å². The molecule has 2 unspecified atom stereocenters. The number of ether oxygens (including phenoxy) is 2. The highest BCUT2D eigenvalue weighted by atomic mass is 31.2. The summed E-state index contributed by atoms with van der Waals surface area (Å²) in [4.78, 5) is 35.3. The van der Waals surface area contributed by atoms with Crippen LogP contribution >= 0.6 is 7.82 Å². The fourth-order valence-electron chi connectivity index (χ4n) is 8.36. The van der Waals surface area contributed by atoms with Crippen LogP contribution in [-0.2, 0) is 32.7 Å². The van der Waals surface area contributed by atoms with Crippen molar-refractivity contribution in [2.75, 3.05) is 26.4 Å². The lowest BCUT2D eigenvalue weighted by molar-refractivity contribution is -0.161. The van der Waals surface area contributed by atoms with Gasteiger partial charge in [0.05, 0.1) is 13.2 Å². The van der Waals surface area contributed by atoms with Crippen molar-refractivity contribution < 1.29 is 37.6 Å². The van der Waals surface area contributed by atoms with Crippen LogP contribution in [0.2, 0.25) is 0 Å². The minimum Gasteiger partial charge on any atom is -0.462 e. The van der Waals surface area contributed by atoms with Gasteiger partial charge in [0.25, 0.3) is 0 Å². The number of hydrogen-bond acceptors (Lipinski definition) is 8. The average Bonchev–Trinajstić information content (AvgIpc) is 3.44. The molecule has 0 saturated heterocycles. The Morgan fingerprint density at radius 3 is 1.04 bits per heavy atom. The molecule has 9 nitrogen and oxygen atoms in total. The minimum absolute atomic E-state index is 0.0432. The maximum Gasteiger partial charge on any atom is 0.472 e. The summed E-state index contributed by atoms with van der Waals surface area (Å²) in [6, 6.07) is 0. The summed E-state index contributed by atoms with van der Waals surface area (Å²) in [6.45, 7) is 3.60. The van der Waals surface area contributed by atoms with E-state index < -0.39 is 32.5 Å². The van der Waals surface area contributed by atoms with Gasteiger partial charge in [-0.2, -0.15) is 0 Å². The fraction of sp³-hybridized carbons (Fsp3) is 0.652. The Morgan fingerprint density at radius 1 is 0.392 bits per heavy atom. The molecule has 2 atom stereocenters. The molecule has 0 saturated carbocycles. The summed E-state index contributed by atoms with van der Waals surface area (Å²) < 4.78 is 33.1. The van der Waals surface area contributed by atoms with Crippen molar-refractivity contribution in [2.24, 2.45) is 5.73 Å². The molecule has 0 spiro atoms. The summed E-state index contributed by atoms with van der Waals surface area (Å²) >= 11 is 0.